The summed E-state index contributed by atoms with van der Waals surface area (Å²) in [7, 11) is 0. The topological polar surface area (TPSA) is 80.5 Å². The van der Waals surface area contributed by atoms with Gasteiger partial charge in [0.1, 0.15) is 0 Å². The number of carbonyl (C=O) groups is 1. The lowest BCUT2D eigenvalue weighted by Crippen LogP contribution is -2.51. The second kappa shape index (κ2) is 7.00. The summed E-state index contributed by atoms with van der Waals surface area (Å²) in [5.74, 6) is -0.183. The number of carboxylic acid groups (broad SMARTS) is 1. The average Bonchev–Trinajstić information content (AvgIpc) is 3.12. The fourth-order valence-electron chi connectivity index (χ4n) is 3.14. The Morgan fingerprint density at radius 1 is 1.38 bits per heavy atom. The molecule has 0 bridgehead atoms. The Morgan fingerprint density at radius 3 is 2.71 bits per heavy atom. The van der Waals surface area contributed by atoms with Crippen LogP contribution in [0.4, 0.5) is 0 Å². The third-order valence-corrected chi connectivity index (χ3v) is 4.52. The van der Waals surface area contributed by atoms with Crippen molar-refractivity contribution in [2.45, 2.75) is 31.8 Å². The predicted molar refractivity (Wildman–Crippen MR) is 87.8 cm³/mol. The standard InChI is InChI=1S/C17H22N4O3/c1-2-24-15-5-4-14(12-18-15)13-20-10-6-17(7-11-20,16(22)23)21-9-3-8-19-21/h3-5,8-9,12H,2,6-7,10-11,13H2,1H3,(H,22,23). The molecule has 24 heavy (non-hydrogen) atoms. The Labute approximate surface area is 140 Å². The van der Waals surface area contributed by atoms with Crippen molar-refractivity contribution in [1.29, 1.82) is 0 Å². The molecule has 7 nitrogen and oxygen atoms in total. The number of piperidine rings is 1. The maximum Gasteiger partial charge on any atom is 0.331 e. The summed E-state index contributed by atoms with van der Waals surface area (Å²) < 4.78 is 6.93. The highest BCUT2D eigenvalue weighted by molar-refractivity contribution is 5.76. The maximum atomic E-state index is 11.8. The number of aliphatic carboxylic acids is 1. The summed E-state index contributed by atoms with van der Waals surface area (Å²) >= 11 is 0. The molecule has 0 unspecified atom stereocenters. The third kappa shape index (κ3) is 3.26. The van der Waals surface area contributed by atoms with E-state index in [1.165, 1.54) is 0 Å². The van der Waals surface area contributed by atoms with E-state index < -0.39 is 11.5 Å². The van der Waals surface area contributed by atoms with Gasteiger partial charge in [-0.25, -0.2) is 9.78 Å². The van der Waals surface area contributed by atoms with Crippen molar-refractivity contribution in [3.05, 3.63) is 42.4 Å². The van der Waals surface area contributed by atoms with E-state index in [2.05, 4.69) is 15.0 Å². The number of hydrogen-bond donors (Lipinski definition) is 1. The molecular formula is C17H22N4O3. The van der Waals surface area contributed by atoms with E-state index in [0.29, 0.717) is 38.4 Å². The first kappa shape index (κ1) is 16.4. The zero-order valence-corrected chi connectivity index (χ0v) is 13.8. The molecule has 0 aromatic carbocycles. The van der Waals surface area contributed by atoms with Gasteiger partial charge in [-0.15, -0.1) is 0 Å². The molecule has 1 aliphatic rings. The van der Waals surface area contributed by atoms with Gasteiger partial charge in [0.2, 0.25) is 5.88 Å². The van der Waals surface area contributed by atoms with Gasteiger partial charge in [-0.1, -0.05) is 6.07 Å². The lowest BCUT2D eigenvalue weighted by atomic mass is 9.87. The highest BCUT2D eigenvalue weighted by Crippen LogP contribution is 2.30. The zero-order valence-electron chi connectivity index (χ0n) is 13.8. The second-order valence-corrected chi connectivity index (χ2v) is 6.00. The summed E-state index contributed by atoms with van der Waals surface area (Å²) in [4.78, 5) is 18.4. The lowest BCUT2D eigenvalue weighted by molar-refractivity contribution is -0.151. The van der Waals surface area contributed by atoms with E-state index >= 15 is 0 Å². The van der Waals surface area contributed by atoms with Crippen LogP contribution in [-0.2, 0) is 16.9 Å². The molecule has 2 aromatic rings. The third-order valence-electron chi connectivity index (χ3n) is 4.52. The van der Waals surface area contributed by atoms with Gasteiger partial charge in [0, 0.05) is 44.3 Å². The summed E-state index contributed by atoms with van der Waals surface area (Å²) in [6.07, 6.45) is 6.25. The Hall–Kier alpha value is -2.41. The quantitative estimate of drug-likeness (QED) is 0.869. The SMILES string of the molecule is CCOc1ccc(CN2CCC(C(=O)O)(n3cccn3)CC2)cn1. The van der Waals surface area contributed by atoms with Crippen molar-refractivity contribution in [1.82, 2.24) is 19.7 Å². The number of hydrogen-bond acceptors (Lipinski definition) is 5. The monoisotopic (exact) mass is 330 g/mol. The highest BCUT2D eigenvalue weighted by atomic mass is 16.5. The molecular weight excluding hydrogens is 308 g/mol. The molecule has 1 N–H and O–H groups in total. The highest BCUT2D eigenvalue weighted by Gasteiger charge is 2.43. The minimum atomic E-state index is -0.933. The summed E-state index contributed by atoms with van der Waals surface area (Å²) in [6, 6.07) is 5.64. The molecule has 1 aliphatic heterocycles. The minimum absolute atomic E-state index is 0.536. The van der Waals surface area contributed by atoms with Crippen molar-refractivity contribution >= 4 is 5.97 Å². The molecule has 0 spiro atoms. The van der Waals surface area contributed by atoms with Crippen molar-refractivity contribution in [2.24, 2.45) is 0 Å². The Bertz CT molecular complexity index is 662. The van der Waals surface area contributed by atoms with Gasteiger partial charge in [0.15, 0.2) is 5.54 Å². The van der Waals surface area contributed by atoms with Crippen molar-refractivity contribution in [3.63, 3.8) is 0 Å². The predicted octanol–water partition coefficient (Wildman–Crippen LogP) is 1.75. The van der Waals surface area contributed by atoms with Gasteiger partial charge in [-0.3, -0.25) is 9.58 Å². The van der Waals surface area contributed by atoms with E-state index in [1.807, 2.05) is 25.3 Å². The van der Waals surface area contributed by atoms with Gasteiger partial charge in [0.25, 0.3) is 0 Å². The normalized spacial score (nSPS) is 17.5. The number of nitrogens with zero attached hydrogens (tertiary/aromatic N) is 4. The first-order chi connectivity index (χ1) is 11.6. The van der Waals surface area contributed by atoms with Gasteiger partial charge >= 0.3 is 5.97 Å². The number of pyridine rings is 1. The van der Waals surface area contributed by atoms with Crippen LogP contribution in [0.3, 0.4) is 0 Å². The smallest absolute Gasteiger partial charge is 0.331 e. The number of likely N-dealkylation sites (tertiary alicyclic amines) is 1. The Morgan fingerprint density at radius 2 is 2.17 bits per heavy atom. The minimum Gasteiger partial charge on any atom is -0.479 e. The lowest BCUT2D eigenvalue weighted by Gasteiger charge is -2.38. The maximum absolute atomic E-state index is 11.8. The largest absolute Gasteiger partial charge is 0.479 e. The van der Waals surface area contributed by atoms with Crippen molar-refractivity contribution in [3.8, 4) is 5.88 Å². The van der Waals surface area contributed by atoms with Crippen LogP contribution in [0.1, 0.15) is 25.3 Å². The first-order valence-corrected chi connectivity index (χ1v) is 8.17. The molecule has 7 heteroatoms. The van der Waals surface area contributed by atoms with E-state index in [1.54, 1.807) is 23.1 Å². The molecule has 0 aliphatic carbocycles. The van der Waals surface area contributed by atoms with Crippen LogP contribution in [0.15, 0.2) is 36.8 Å². The van der Waals surface area contributed by atoms with E-state index in [9.17, 15) is 9.90 Å². The second-order valence-electron chi connectivity index (χ2n) is 6.00. The molecule has 0 amide bonds. The Balaban J connectivity index is 1.63. The number of rotatable bonds is 6. The van der Waals surface area contributed by atoms with Gasteiger partial charge in [0.05, 0.1) is 6.61 Å². The molecule has 1 fully saturated rings. The number of carboxylic acids is 1. The fourth-order valence-corrected chi connectivity index (χ4v) is 3.14. The van der Waals surface area contributed by atoms with Crippen LogP contribution in [0, 0.1) is 0 Å². The molecule has 3 heterocycles. The van der Waals surface area contributed by atoms with Crippen molar-refractivity contribution < 1.29 is 14.6 Å². The summed E-state index contributed by atoms with van der Waals surface area (Å²) in [5.41, 5.74) is 0.164. The molecule has 128 valence electrons. The molecule has 2 aromatic heterocycles. The molecule has 1 saturated heterocycles. The molecule has 3 rings (SSSR count). The molecule has 0 atom stereocenters. The van der Waals surface area contributed by atoms with Gasteiger partial charge in [-0.05, 0) is 31.4 Å². The van der Waals surface area contributed by atoms with Gasteiger partial charge < -0.3 is 9.84 Å². The fraction of sp³-hybridized carbons (Fsp3) is 0.471. The van der Waals surface area contributed by atoms with E-state index in [-0.39, 0.29) is 0 Å². The summed E-state index contributed by atoms with van der Waals surface area (Å²) in [5, 5.41) is 13.9. The van der Waals surface area contributed by atoms with Crippen LogP contribution >= 0.6 is 0 Å². The average molecular weight is 330 g/mol. The zero-order chi connectivity index (χ0) is 17.0. The molecule has 0 radical (unpaired) electrons. The summed E-state index contributed by atoms with van der Waals surface area (Å²) in [6.45, 7) is 4.70. The Kier molecular flexibility index (Phi) is 4.80. The van der Waals surface area contributed by atoms with Crippen LogP contribution in [0.2, 0.25) is 0 Å². The van der Waals surface area contributed by atoms with Crippen LogP contribution in [-0.4, -0.2) is 50.4 Å². The van der Waals surface area contributed by atoms with E-state index in [0.717, 1.165) is 12.1 Å². The van der Waals surface area contributed by atoms with Crippen LogP contribution < -0.4 is 4.74 Å². The van der Waals surface area contributed by atoms with Crippen molar-refractivity contribution in [2.75, 3.05) is 19.7 Å². The molecule has 0 saturated carbocycles. The van der Waals surface area contributed by atoms with E-state index in [4.69, 9.17) is 4.74 Å². The number of aromatic nitrogens is 3. The van der Waals surface area contributed by atoms with Gasteiger partial charge in [-0.2, -0.15) is 5.10 Å². The first-order valence-electron chi connectivity index (χ1n) is 8.17. The van der Waals surface area contributed by atoms with Crippen LogP contribution in [0.25, 0.3) is 0 Å². The van der Waals surface area contributed by atoms with Crippen LogP contribution in [0.5, 0.6) is 5.88 Å². The number of ether oxygens (including phenoxy) is 1.